The molecular weight excluding hydrogens is 325 g/mol. The predicted molar refractivity (Wildman–Crippen MR) is 94.1 cm³/mol. The minimum atomic E-state index is 0. The van der Waals surface area contributed by atoms with Crippen molar-refractivity contribution in [3.05, 3.63) is 0 Å². The number of nitrogens with zero attached hydrogens (tertiary/aromatic N) is 1. The van der Waals surface area contributed by atoms with Crippen molar-refractivity contribution < 1.29 is 9.53 Å². The van der Waals surface area contributed by atoms with Gasteiger partial charge in [0.25, 0.3) is 0 Å². The minimum absolute atomic E-state index is 0. The second-order valence-corrected chi connectivity index (χ2v) is 6.09. The van der Waals surface area contributed by atoms with Crippen LogP contribution in [0.3, 0.4) is 0 Å². The summed E-state index contributed by atoms with van der Waals surface area (Å²) in [7, 11) is 0. The topological polar surface area (TPSA) is 53.6 Å². The number of hydrogen-bond acceptors (Lipinski definition) is 4. The molecule has 0 spiro atoms. The fraction of sp³-hybridized carbons (Fsp3) is 0.933. The number of hydrogen-bond donors (Lipinski definition) is 2. The van der Waals surface area contributed by atoms with E-state index in [2.05, 4.69) is 22.5 Å². The molecular formula is C15H31Cl2N3O2. The highest BCUT2D eigenvalue weighted by molar-refractivity contribution is 5.85. The summed E-state index contributed by atoms with van der Waals surface area (Å²) in [5, 5.41) is 6.48. The molecule has 2 heterocycles. The Kier molecular flexibility index (Phi) is 12.3. The van der Waals surface area contributed by atoms with Gasteiger partial charge in [-0.3, -0.25) is 9.69 Å². The van der Waals surface area contributed by atoms with E-state index in [0.717, 1.165) is 52.5 Å². The lowest BCUT2D eigenvalue weighted by molar-refractivity contribution is -0.122. The second-order valence-electron chi connectivity index (χ2n) is 6.09. The number of halogens is 2. The molecule has 2 fully saturated rings. The average Bonchev–Trinajstić information content (AvgIpc) is 2.49. The van der Waals surface area contributed by atoms with Gasteiger partial charge < -0.3 is 15.4 Å². The smallest absolute Gasteiger partial charge is 0.220 e. The summed E-state index contributed by atoms with van der Waals surface area (Å²) in [6, 6.07) is 0. The molecule has 1 amide bonds. The molecule has 2 unspecified atom stereocenters. The third-order valence-electron chi connectivity index (χ3n) is 4.50. The van der Waals surface area contributed by atoms with Crippen LogP contribution in [0.25, 0.3) is 0 Å². The summed E-state index contributed by atoms with van der Waals surface area (Å²) in [6.07, 6.45) is 3.17. The maximum Gasteiger partial charge on any atom is 0.220 e. The molecule has 2 rings (SSSR count). The Hall–Kier alpha value is -0.0700. The van der Waals surface area contributed by atoms with Crippen LogP contribution in [-0.2, 0) is 9.53 Å². The van der Waals surface area contributed by atoms with Crippen LogP contribution in [0.4, 0.5) is 0 Å². The van der Waals surface area contributed by atoms with E-state index in [0.29, 0.717) is 18.3 Å². The zero-order chi connectivity index (χ0) is 14.2. The third-order valence-corrected chi connectivity index (χ3v) is 4.50. The van der Waals surface area contributed by atoms with Gasteiger partial charge in [0.2, 0.25) is 5.91 Å². The first-order valence-corrected chi connectivity index (χ1v) is 8.03. The van der Waals surface area contributed by atoms with Crippen LogP contribution in [0, 0.1) is 11.8 Å². The Balaban J connectivity index is 0.00000220. The third kappa shape index (κ3) is 7.97. The van der Waals surface area contributed by atoms with Crippen LogP contribution in [0.2, 0.25) is 0 Å². The molecule has 2 atom stereocenters. The van der Waals surface area contributed by atoms with Crippen LogP contribution in [-0.4, -0.2) is 63.3 Å². The molecule has 0 aromatic rings. The molecule has 22 heavy (non-hydrogen) atoms. The van der Waals surface area contributed by atoms with Gasteiger partial charge in [-0.15, -0.1) is 24.8 Å². The van der Waals surface area contributed by atoms with Crippen molar-refractivity contribution in [2.75, 3.05) is 52.5 Å². The second kappa shape index (κ2) is 12.4. The zero-order valence-corrected chi connectivity index (χ0v) is 15.1. The van der Waals surface area contributed by atoms with Gasteiger partial charge in [-0.2, -0.15) is 0 Å². The van der Waals surface area contributed by atoms with Gasteiger partial charge >= 0.3 is 0 Å². The Morgan fingerprint density at radius 3 is 2.73 bits per heavy atom. The SMILES string of the molecule is CC(CC(=O)NCCN1CCOCC1)C1CCCNC1.Cl.Cl. The van der Waals surface area contributed by atoms with Gasteiger partial charge in [0.05, 0.1) is 13.2 Å². The van der Waals surface area contributed by atoms with E-state index >= 15 is 0 Å². The van der Waals surface area contributed by atoms with Gasteiger partial charge in [0.15, 0.2) is 0 Å². The first-order chi connectivity index (χ1) is 9.75. The van der Waals surface area contributed by atoms with E-state index in [-0.39, 0.29) is 30.7 Å². The molecule has 2 aliphatic rings. The Labute approximate surface area is 146 Å². The number of nitrogens with one attached hydrogen (secondary N) is 2. The van der Waals surface area contributed by atoms with E-state index in [1.807, 2.05) is 0 Å². The number of rotatable bonds is 6. The molecule has 7 heteroatoms. The molecule has 0 aromatic carbocycles. The van der Waals surface area contributed by atoms with Crippen LogP contribution in [0.5, 0.6) is 0 Å². The standard InChI is InChI=1S/C15H29N3O2.2ClH/c1-13(14-3-2-4-16-12-14)11-15(19)17-5-6-18-7-9-20-10-8-18;;/h13-14,16H,2-12H2,1H3,(H,17,19);2*1H. The number of ether oxygens (including phenoxy) is 1. The first kappa shape index (κ1) is 21.9. The normalized spacial score (nSPS) is 23.8. The molecule has 0 aromatic heterocycles. The Morgan fingerprint density at radius 2 is 2.09 bits per heavy atom. The Bertz CT molecular complexity index is 297. The van der Waals surface area contributed by atoms with Crippen LogP contribution in [0.15, 0.2) is 0 Å². The quantitative estimate of drug-likeness (QED) is 0.754. The van der Waals surface area contributed by atoms with Crippen molar-refractivity contribution in [3.8, 4) is 0 Å². The van der Waals surface area contributed by atoms with Crippen LogP contribution >= 0.6 is 24.8 Å². The van der Waals surface area contributed by atoms with Gasteiger partial charge in [0, 0.05) is 32.6 Å². The molecule has 0 aliphatic carbocycles. The first-order valence-electron chi connectivity index (χ1n) is 8.03. The number of carbonyl (C=O) groups is 1. The number of piperidine rings is 1. The van der Waals surface area contributed by atoms with Gasteiger partial charge in [-0.05, 0) is 37.8 Å². The van der Waals surface area contributed by atoms with Crippen molar-refractivity contribution in [1.82, 2.24) is 15.5 Å². The minimum Gasteiger partial charge on any atom is -0.379 e. The molecule has 0 bridgehead atoms. The molecule has 0 radical (unpaired) electrons. The zero-order valence-electron chi connectivity index (χ0n) is 13.5. The van der Waals surface area contributed by atoms with Crippen LogP contribution in [0.1, 0.15) is 26.2 Å². The van der Waals surface area contributed by atoms with E-state index in [9.17, 15) is 4.79 Å². The van der Waals surface area contributed by atoms with Crippen molar-refractivity contribution in [3.63, 3.8) is 0 Å². The summed E-state index contributed by atoms with van der Waals surface area (Å²) >= 11 is 0. The summed E-state index contributed by atoms with van der Waals surface area (Å²) in [5.41, 5.74) is 0. The molecule has 0 saturated carbocycles. The number of amides is 1. The lowest BCUT2D eigenvalue weighted by atomic mass is 9.85. The number of carbonyl (C=O) groups excluding carboxylic acids is 1. The Morgan fingerprint density at radius 1 is 1.36 bits per heavy atom. The van der Waals surface area contributed by atoms with Gasteiger partial charge in [-0.25, -0.2) is 0 Å². The predicted octanol–water partition coefficient (Wildman–Crippen LogP) is 1.30. The summed E-state index contributed by atoms with van der Waals surface area (Å²) in [4.78, 5) is 14.3. The molecule has 2 aliphatic heterocycles. The van der Waals surface area contributed by atoms with Crippen molar-refractivity contribution in [2.45, 2.75) is 26.2 Å². The maximum absolute atomic E-state index is 12.0. The number of morpholine rings is 1. The average molecular weight is 356 g/mol. The lowest BCUT2D eigenvalue weighted by Crippen LogP contribution is -2.42. The van der Waals surface area contributed by atoms with E-state index < -0.39 is 0 Å². The fourth-order valence-electron chi connectivity index (χ4n) is 3.07. The largest absolute Gasteiger partial charge is 0.379 e. The molecule has 2 saturated heterocycles. The lowest BCUT2D eigenvalue weighted by Gasteiger charge is -2.28. The van der Waals surface area contributed by atoms with E-state index in [1.54, 1.807) is 0 Å². The highest BCUT2D eigenvalue weighted by Gasteiger charge is 2.21. The molecule has 5 nitrogen and oxygen atoms in total. The highest BCUT2D eigenvalue weighted by Crippen LogP contribution is 2.22. The highest BCUT2D eigenvalue weighted by atomic mass is 35.5. The van der Waals surface area contributed by atoms with Crippen molar-refractivity contribution in [2.24, 2.45) is 11.8 Å². The van der Waals surface area contributed by atoms with Gasteiger partial charge in [0.1, 0.15) is 0 Å². The molecule has 132 valence electrons. The summed E-state index contributed by atoms with van der Waals surface area (Å²) < 4.78 is 5.31. The monoisotopic (exact) mass is 355 g/mol. The molecule has 2 N–H and O–H groups in total. The van der Waals surface area contributed by atoms with Gasteiger partial charge in [-0.1, -0.05) is 6.92 Å². The van der Waals surface area contributed by atoms with Crippen molar-refractivity contribution in [1.29, 1.82) is 0 Å². The summed E-state index contributed by atoms with van der Waals surface area (Å²) in [6.45, 7) is 9.72. The van der Waals surface area contributed by atoms with Crippen molar-refractivity contribution >= 4 is 30.7 Å². The van der Waals surface area contributed by atoms with E-state index in [4.69, 9.17) is 4.74 Å². The van der Waals surface area contributed by atoms with E-state index in [1.165, 1.54) is 12.8 Å². The summed E-state index contributed by atoms with van der Waals surface area (Å²) in [5.74, 6) is 1.34. The fourth-order valence-corrected chi connectivity index (χ4v) is 3.07. The van der Waals surface area contributed by atoms with Crippen LogP contribution < -0.4 is 10.6 Å². The maximum atomic E-state index is 12.0.